The van der Waals surface area contributed by atoms with E-state index >= 15 is 0 Å². The molecule has 1 unspecified atom stereocenters. The van der Waals surface area contributed by atoms with Crippen molar-refractivity contribution in [2.24, 2.45) is 0 Å². The van der Waals surface area contributed by atoms with Gasteiger partial charge in [-0.25, -0.2) is 4.39 Å². The Labute approximate surface area is 115 Å². The van der Waals surface area contributed by atoms with Gasteiger partial charge >= 0.3 is 0 Å². The summed E-state index contributed by atoms with van der Waals surface area (Å²) in [5, 5.41) is 12.4. The Morgan fingerprint density at radius 1 is 1.42 bits per heavy atom. The van der Waals surface area contributed by atoms with Crippen molar-refractivity contribution in [1.82, 2.24) is 5.32 Å². The minimum atomic E-state index is -0.532. The van der Waals surface area contributed by atoms with Crippen LogP contribution in [0.3, 0.4) is 0 Å². The van der Waals surface area contributed by atoms with Crippen molar-refractivity contribution in [2.45, 2.75) is 32.7 Å². The van der Waals surface area contributed by atoms with Gasteiger partial charge in [-0.1, -0.05) is 13.0 Å². The molecule has 4 heteroatoms. The van der Waals surface area contributed by atoms with Crippen LogP contribution in [0.2, 0.25) is 0 Å². The smallest absolute Gasteiger partial charge is 0.125 e. The number of halogens is 1. The average Bonchev–Trinajstić information content (AvgIpc) is 2.40. The first-order valence-electron chi connectivity index (χ1n) is 6.71. The summed E-state index contributed by atoms with van der Waals surface area (Å²) >= 11 is 0. The van der Waals surface area contributed by atoms with Gasteiger partial charge in [-0.15, -0.1) is 0 Å². The highest BCUT2D eigenvalue weighted by Gasteiger charge is 2.23. The van der Waals surface area contributed by atoms with Gasteiger partial charge in [0.25, 0.3) is 0 Å². The molecule has 0 aliphatic carbocycles. The lowest BCUT2D eigenvalue weighted by atomic mass is 9.99. The average molecular weight is 263 g/mol. The van der Waals surface area contributed by atoms with Crippen molar-refractivity contribution in [3.63, 3.8) is 0 Å². The molecule has 104 valence electrons. The molecular formula is C15H22FN3. The molecule has 0 fully saturated rings. The predicted molar refractivity (Wildman–Crippen MR) is 76.6 cm³/mol. The summed E-state index contributed by atoms with van der Waals surface area (Å²) in [4.78, 5) is 2.08. The van der Waals surface area contributed by atoms with E-state index in [0.717, 1.165) is 25.3 Å². The third-order valence-electron chi connectivity index (χ3n) is 3.25. The third kappa shape index (κ3) is 4.53. The van der Waals surface area contributed by atoms with E-state index in [4.69, 9.17) is 0 Å². The summed E-state index contributed by atoms with van der Waals surface area (Å²) in [6.45, 7) is 8.18. The zero-order valence-electron chi connectivity index (χ0n) is 11.9. The van der Waals surface area contributed by atoms with Crippen molar-refractivity contribution >= 4 is 5.69 Å². The molecule has 0 spiro atoms. The van der Waals surface area contributed by atoms with Crippen molar-refractivity contribution in [1.29, 1.82) is 5.26 Å². The molecule has 19 heavy (non-hydrogen) atoms. The van der Waals surface area contributed by atoms with E-state index in [1.54, 1.807) is 6.07 Å². The summed E-state index contributed by atoms with van der Waals surface area (Å²) in [7, 11) is 0. The number of anilines is 1. The van der Waals surface area contributed by atoms with Gasteiger partial charge in [0.05, 0.1) is 6.07 Å². The van der Waals surface area contributed by atoms with Crippen molar-refractivity contribution in [3.05, 3.63) is 30.1 Å². The summed E-state index contributed by atoms with van der Waals surface area (Å²) in [6.07, 6.45) is 0.696. The fourth-order valence-electron chi connectivity index (χ4n) is 2.08. The second kappa shape index (κ2) is 7.10. The minimum absolute atomic E-state index is 0.231. The molecule has 1 rings (SSSR count). The van der Waals surface area contributed by atoms with Gasteiger partial charge in [-0.05, 0) is 45.0 Å². The molecule has 0 saturated heterocycles. The Morgan fingerprint density at radius 2 is 2.16 bits per heavy atom. The minimum Gasteiger partial charge on any atom is -0.372 e. The molecule has 1 aromatic carbocycles. The Morgan fingerprint density at radius 3 is 2.68 bits per heavy atom. The van der Waals surface area contributed by atoms with Gasteiger partial charge < -0.3 is 4.90 Å². The monoisotopic (exact) mass is 263 g/mol. The molecule has 0 bridgehead atoms. The second-order valence-corrected chi connectivity index (χ2v) is 4.78. The van der Waals surface area contributed by atoms with E-state index < -0.39 is 5.54 Å². The lowest BCUT2D eigenvalue weighted by Gasteiger charge is -2.28. The normalized spacial score (nSPS) is 13.6. The number of nitrogens with one attached hydrogen (secondary N) is 1. The highest BCUT2D eigenvalue weighted by molar-refractivity contribution is 5.46. The molecule has 0 radical (unpaired) electrons. The van der Waals surface area contributed by atoms with Crippen LogP contribution in [0.4, 0.5) is 10.1 Å². The number of nitrogens with zero attached hydrogens (tertiary/aromatic N) is 2. The standard InChI is InChI=1S/C15H22FN3/c1-4-18-15(3,12-17)9-10-19(5-2)14-8-6-7-13(16)11-14/h6-8,11,18H,4-5,9-10H2,1-3H3. The lowest BCUT2D eigenvalue weighted by Crippen LogP contribution is -2.43. The van der Waals surface area contributed by atoms with Crippen LogP contribution in [0.5, 0.6) is 0 Å². The molecule has 1 aromatic rings. The van der Waals surface area contributed by atoms with E-state index in [-0.39, 0.29) is 5.82 Å². The Balaban J connectivity index is 2.71. The largest absolute Gasteiger partial charge is 0.372 e. The first kappa shape index (κ1) is 15.5. The van der Waals surface area contributed by atoms with Gasteiger partial charge in [-0.3, -0.25) is 5.32 Å². The molecule has 0 aromatic heterocycles. The van der Waals surface area contributed by atoms with Crippen LogP contribution in [0.15, 0.2) is 24.3 Å². The van der Waals surface area contributed by atoms with Crippen LogP contribution in [-0.2, 0) is 0 Å². The fourth-order valence-corrected chi connectivity index (χ4v) is 2.08. The Bertz CT molecular complexity index is 441. The van der Waals surface area contributed by atoms with Crippen molar-refractivity contribution in [2.75, 3.05) is 24.5 Å². The first-order chi connectivity index (χ1) is 9.04. The molecule has 0 aliphatic rings. The van der Waals surface area contributed by atoms with Gasteiger partial charge in [-0.2, -0.15) is 5.26 Å². The Hall–Kier alpha value is -1.60. The predicted octanol–water partition coefficient (Wildman–Crippen LogP) is 2.93. The van der Waals surface area contributed by atoms with E-state index in [2.05, 4.69) is 16.3 Å². The van der Waals surface area contributed by atoms with Crippen LogP contribution in [0, 0.1) is 17.1 Å². The number of hydrogen-bond donors (Lipinski definition) is 1. The van der Waals surface area contributed by atoms with Crippen LogP contribution in [0.25, 0.3) is 0 Å². The highest BCUT2D eigenvalue weighted by Crippen LogP contribution is 2.18. The van der Waals surface area contributed by atoms with Crippen LogP contribution < -0.4 is 10.2 Å². The van der Waals surface area contributed by atoms with E-state index in [0.29, 0.717) is 6.42 Å². The van der Waals surface area contributed by atoms with E-state index in [1.165, 1.54) is 12.1 Å². The van der Waals surface area contributed by atoms with Gasteiger partial charge in [0, 0.05) is 18.8 Å². The summed E-state index contributed by atoms with van der Waals surface area (Å²) in [6, 6.07) is 8.88. The van der Waals surface area contributed by atoms with Crippen LogP contribution >= 0.6 is 0 Å². The maximum Gasteiger partial charge on any atom is 0.125 e. The van der Waals surface area contributed by atoms with Crippen LogP contribution in [-0.4, -0.2) is 25.2 Å². The zero-order valence-corrected chi connectivity index (χ0v) is 11.9. The van der Waals surface area contributed by atoms with E-state index in [9.17, 15) is 9.65 Å². The van der Waals surface area contributed by atoms with Gasteiger partial charge in [0.2, 0.25) is 0 Å². The topological polar surface area (TPSA) is 39.1 Å². The number of nitriles is 1. The fraction of sp³-hybridized carbons (Fsp3) is 0.533. The molecule has 0 saturated carbocycles. The quantitative estimate of drug-likeness (QED) is 0.822. The molecular weight excluding hydrogens is 241 g/mol. The second-order valence-electron chi connectivity index (χ2n) is 4.78. The lowest BCUT2D eigenvalue weighted by molar-refractivity contribution is 0.429. The van der Waals surface area contributed by atoms with Gasteiger partial charge in [0.15, 0.2) is 0 Å². The van der Waals surface area contributed by atoms with Crippen molar-refractivity contribution < 1.29 is 4.39 Å². The maximum atomic E-state index is 13.2. The third-order valence-corrected chi connectivity index (χ3v) is 3.25. The highest BCUT2D eigenvalue weighted by atomic mass is 19.1. The number of hydrogen-bond acceptors (Lipinski definition) is 3. The van der Waals surface area contributed by atoms with Gasteiger partial charge in [0.1, 0.15) is 11.4 Å². The first-order valence-corrected chi connectivity index (χ1v) is 6.71. The summed E-state index contributed by atoms with van der Waals surface area (Å²) in [5.41, 5.74) is 0.328. The summed E-state index contributed by atoms with van der Waals surface area (Å²) < 4.78 is 13.2. The van der Waals surface area contributed by atoms with E-state index in [1.807, 2.05) is 26.8 Å². The molecule has 3 nitrogen and oxygen atoms in total. The SMILES string of the molecule is CCNC(C)(C#N)CCN(CC)c1cccc(F)c1. The molecule has 1 N–H and O–H groups in total. The molecule has 0 aliphatic heterocycles. The molecule has 0 heterocycles. The Kier molecular flexibility index (Phi) is 5.78. The van der Waals surface area contributed by atoms with Crippen molar-refractivity contribution in [3.8, 4) is 6.07 Å². The van der Waals surface area contributed by atoms with Crippen LogP contribution in [0.1, 0.15) is 27.2 Å². The molecule has 0 amide bonds. The molecule has 1 atom stereocenters. The maximum absolute atomic E-state index is 13.2. The number of benzene rings is 1. The zero-order chi connectivity index (χ0) is 14.3. The summed E-state index contributed by atoms with van der Waals surface area (Å²) in [5.74, 6) is -0.231. The number of rotatable bonds is 7.